The molecule has 3 atom stereocenters. The van der Waals surface area contributed by atoms with Crippen molar-refractivity contribution in [2.24, 2.45) is 4.99 Å². The molecule has 1 aliphatic heterocycles. The molecule has 24 heavy (non-hydrogen) atoms. The summed E-state index contributed by atoms with van der Waals surface area (Å²) in [7, 11) is 0. The number of aliphatic imine (C=N–C) groups is 1. The number of carbonyl (C=O) groups is 1. The van der Waals surface area contributed by atoms with Crippen LogP contribution < -0.4 is 0 Å². The third-order valence-corrected chi connectivity index (χ3v) is 4.58. The molecule has 0 unspecified atom stereocenters. The monoisotopic (exact) mass is 343 g/mol. The standard InChI is InChI=1S/C18H33NO5/c20-12-8-7-10-14(22)9-5-3-1-2-4-6-11-15-17(23)18(24)16(13-21)19-15/h16-18,20-21,23-24H,1-13H2/t16-,17-,18-/m0/s1. The van der Waals surface area contributed by atoms with Crippen LogP contribution in [0.15, 0.2) is 4.99 Å². The average molecular weight is 343 g/mol. The Labute approximate surface area is 144 Å². The van der Waals surface area contributed by atoms with Gasteiger partial charge in [-0.25, -0.2) is 0 Å². The number of aliphatic hydroxyl groups is 4. The van der Waals surface area contributed by atoms with E-state index in [2.05, 4.69) is 4.99 Å². The molecule has 1 rings (SSSR count). The second-order valence-corrected chi connectivity index (χ2v) is 6.65. The molecule has 1 aliphatic rings. The molecule has 6 nitrogen and oxygen atoms in total. The number of Topliss-reactive ketones (excluding diaryl/α,β-unsaturated/α-hetero) is 1. The van der Waals surface area contributed by atoms with Crippen LogP contribution in [-0.4, -0.2) is 63.4 Å². The Bertz CT molecular complexity index is 386. The van der Waals surface area contributed by atoms with Gasteiger partial charge in [0, 0.05) is 25.2 Å². The summed E-state index contributed by atoms with van der Waals surface area (Å²) in [5, 5.41) is 37.2. The molecule has 0 aromatic rings. The fourth-order valence-electron chi connectivity index (χ4n) is 3.03. The third-order valence-electron chi connectivity index (χ3n) is 4.58. The molecule has 0 amide bonds. The summed E-state index contributed by atoms with van der Waals surface area (Å²) in [6.45, 7) is -0.0726. The predicted molar refractivity (Wildman–Crippen MR) is 93.2 cm³/mol. The molecule has 4 N–H and O–H groups in total. The Morgan fingerprint density at radius 2 is 1.46 bits per heavy atom. The Morgan fingerprint density at radius 3 is 2.04 bits per heavy atom. The van der Waals surface area contributed by atoms with Crippen LogP contribution in [0.25, 0.3) is 0 Å². The second kappa shape index (κ2) is 12.5. The quantitative estimate of drug-likeness (QED) is 0.356. The van der Waals surface area contributed by atoms with Crippen molar-refractivity contribution in [3.8, 4) is 0 Å². The number of unbranched alkanes of at least 4 members (excludes halogenated alkanes) is 6. The lowest BCUT2D eigenvalue weighted by atomic mass is 10.0. The molecule has 0 spiro atoms. The zero-order chi connectivity index (χ0) is 17.8. The van der Waals surface area contributed by atoms with E-state index in [0.717, 1.165) is 44.9 Å². The summed E-state index contributed by atoms with van der Waals surface area (Å²) in [4.78, 5) is 15.7. The highest BCUT2D eigenvalue weighted by Crippen LogP contribution is 2.19. The minimum Gasteiger partial charge on any atom is -0.396 e. The number of rotatable bonds is 14. The van der Waals surface area contributed by atoms with Crippen LogP contribution in [-0.2, 0) is 4.79 Å². The Kier molecular flexibility index (Phi) is 11.1. The van der Waals surface area contributed by atoms with E-state index in [9.17, 15) is 15.0 Å². The molecule has 0 aromatic heterocycles. The Hall–Kier alpha value is -0.820. The molecule has 140 valence electrons. The van der Waals surface area contributed by atoms with Crippen molar-refractivity contribution in [3.05, 3.63) is 0 Å². The van der Waals surface area contributed by atoms with Gasteiger partial charge in [-0.05, 0) is 32.1 Å². The van der Waals surface area contributed by atoms with Gasteiger partial charge in [-0.3, -0.25) is 9.79 Å². The Morgan fingerprint density at radius 1 is 0.875 bits per heavy atom. The van der Waals surface area contributed by atoms with E-state index < -0.39 is 18.2 Å². The fraction of sp³-hybridized carbons (Fsp3) is 0.889. The first-order chi connectivity index (χ1) is 11.6. The minimum absolute atomic E-state index is 0.163. The summed E-state index contributed by atoms with van der Waals surface area (Å²) in [6.07, 6.45) is 7.64. The van der Waals surface area contributed by atoms with Crippen molar-refractivity contribution in [2.75, 3.05) is 13.2 Å². The van der Waals surface area contributed by atoms with E-state index in [-0.39, 0.29) is 13.2 Å². The van der Waals surface area contributed by atoms with Crippen molar-refractivity contribution >= 4 is 11.5 Å². The molecule has 0 aromatic carbocycles. The number of hydrogen-bond acceptors (Lipinski definition) is 6. The lowest BCUT2D eigenvalue weighted by Gasteiger charge is -2.13. The van der Waals surface area contributed by atoms with E-state index in [1.54, 1.807) is 0 Å². The number of nitrogens with zero attached hydrogens (tertiary/aromatic N) is 1. The minimum atomic E-state index is -0.972. The highest BCUT2D eigenvalue weighted by atomic mass is 16.3. The van der Waals surface area contributed by atoms with E-state index in [0.29, 0.717) is 37.2 Å². The molecular weight excluding hydrogens is 310 g/mol. The van der Waals surface area contributed by atoms with E-state index in [1.165, 1.54) is 0 Å². The number of carbonyl (C=O) groups excluding carboxylic acids is 1. The van der Waals surface area contributed by atoms with Crippen LogP contribution in [0, 0.1) is 0 Å². The smallest absolute Gasteiger partial charge is 0.132 e. The fourth-order valence-corrected chi connectivity index (χ4v) is 3.03. The second-order valence-electron chi connectivity index (χ2n) is 6.65. The van der Waals surface area contributed by atoms with Gasteiger partial charge in [-0.2, -0.15) is 0 Å². The zero-order valence-electron chi connectivity index (χ0n) is 14.6. The van der Waals surface area contributed by atoms with Gasteiger partial charge >= 0.3 is 0 Å². The van der Waals surface area contributed by atoms with Crippen molar-refractivity contribution in [3.63, 3.8) is 0 Å². The predicted octanol–water partition coefficient (Wildman–Crippen LogP) is 1.38. The lowest BCUT2D eigenvalue weighted by Crippen LogP contribution is -2.35. The third kappa shape index (κ3) is 7.83. The van der Waals surface area contributed by atoms with Gasteiger partial charge in [0.05, 0.1) is 6.61 Å². The van der Waals surface area contributed by atoms with Crippen LogP contribution in [0.5, 0.6) is 0 Å². The van der Waals surface area contributed by atoms with Gasteiger partial charge in [0.15, 0.2) is 0 Å². The maximum Gasteiger partial charge on any atom is 0.132 e. The van der Waals surface area contributed by atoms with Crippen LogP contribution in [0.4, 0.5) is 0 Å². The highest BCUT2D eigenvalue weighted by molar-refractivity contribution is 5.91. The summed E-state index contributed by atoms with van der Waals surface area (Å²) in [5.74, 6) is 0.300. The summed E-state index contributed by atoms with van der Waals surface area (Å²) in [5.41, 5.74) is 0.607. The summed E-state index contributed by atoms with van der Waals surface area (Å²) < 4.78 is 0. The van der Waals surface area contributed by atoms with E-state index in [4.69, 9.17) is 10.2 Å². The topological polar surface area (TPSA) is 110 Å². The lowest BCUT2D eigenvalue weighted by molar-refractivity contribution is -0.119. The molecule has 0 saturated carbocycles. The SMILES string of the molecule is O=C(CCCCO)CCCCCCCCC1=N[C@@H](CO)[C@H](O)[C@H]1O. The maximum atomic E-state index is 11.6. The molecule has 0 fully saturated rings. The Balaban J connectivity index is 1.97. The molecule has 1 heterocycles. The van der Waals surface area contributed by atoms with Crippen LogP contribution in [0.2, 0.25) is 0 Å². The van der Waals surface area contributed by atoms with Crippen molar-refractivity contribution in [1.82, 2.24) is 0 Å². The van der Waals surface area contributed by atoms with E-state index >= 15 is 0 Å². The molecule has 0 aliphatic carbocycles. The van der Waals surface area contributed by atoms with Crippen molar-refractivity contribution < 1.29 is 25.2 Å². The van der Waals surface area contributed by atoms with Gasteiger partial charge < -0.3 is 20.4 Å². The molecule has 0 bridgehead atoms. The number of hydrogen-bond donors (Lipinski definition) is 4. The molecule has 6 heteroatoms. The maximum absolute atomic E-state index is 11.6. The molecule has 0 radical (unpaired) electrons. The first kappa shape index (κ1) is 21.2. The first-order valence-electron chi connectivity index (χ1n) is 9.26. The van der Waals surface area contributed by atoms with Crippen LogP contribution in [0.1, 0.15) is 70.6 Å². The first-order valence-corrected chi connectivity index (χ1v) is 9.26. The van der Waals surface area contributed by atoms with Crippen LogP contribution in [0.3, 0.4) is 0 Å². The van der Waals surface area contributed by atoms with Gasteiger partial charge in [-0.15, -0.1) is 0 Å². The van der Waals surface area contributed by atoms with Crippen molar-refractivity contribution in [2.45, 2.75) is 88.9 Å². The zero-order valence-corrected chi connectivity index (χ0v) is 14.6. The van der Waals surface area contributed by atoms with Gasteiger partial charge in [0.2, 0.25) is 0 Å². The van der Waals surface area contributed by atoms with E-state index in [1.807, 2.05) is 0 Å². The number of aliphatic hydroxyl groups excluding tert-OH is 4. The van der Waals surface area contributed by atoms with Gasteiger partial charge in [0.1, 0.15) is 24.0 Å². The van der Waals surface area contributed by atoms with Gasteiger partial charge in [-0.1, -0.05) is 25.7 Å². The molecule has 0 saturated heterocycles. The highest BCUT2D eigenvalue weighted by Gasteiger charge is 2.35. The van der Waals surface area contributed by atoms with Crippen molar-refractivity contribution in [1.29, 1.82) is 0 Å². The van der Waals surface area contributed by atoms with Gasteiger partial charge in [0.25, 0.3) is 0 Å². The number of ketones is 1. The largest absolute Gasteiger partial charge is 0.396 e. The normalized spacial score (nSPS) is 23.5. The average Bonchev–Trinajstić information content (AvgIpc) is 2.85. The van der Waals surface area contributed by atoms with Crippen LogP contribution >= 0.6 is 0 Å². The molecular formula is C18H33NO5. The summed E-state index contributed by atoms with van der Waals surface area (Å²) in [6, 6.07) is -0.579. The summed E-state index contributed by atoms with van der Waals surface area (Å²) >= 11 is 0.